The fraction of sp³-hybridized carbons (Fsp3) is 0.556. The SMILES string of the molecule is COCc1nc(C(C)OC)nc(Cl)c1I. The van der Waals surface area contributed by atoms with Crippen molar-refractivity contribution in [3.63, 3.8) is 0 Å². The van der Waals surface area contributed by atoms with Gasteiger partial charge in [0.15, 0.2) is 5.82 Å². The van der Waals surface area contributed by atoms with Crippen LogP contribution in [0, 0.1) is 3.57 Å². The third-order valence-corrected chi connectivity index (χ3v) is 3.62. The summed E-state index contributed by atoms with van der Waals surface area (Å²) in [4.78, 5) is 8.49. The van der Waals surface area contributed by atoms with Gasteiger partial charge in [0.25, 0.3) is 0 Å². The topological polar surface area (TPSA) is 44.2 Å². The minimum atomic E-state index is -0.171. The number of methoxy groups -OCH3 is 2. The third-order valence-electron chi connectivity index (χ3n) is 1.89. The molecule has 0 amide bonds. The highest BCUT2D eigenvalue weighted by molar-refractivity contribution is 14.1. The molecule has 0 aliphatic rings. The van der Waals surface area contributed by atoms with E-state index in [-0.39, 0.29) is 6.10 Å². The molecule has 1 heterocycles. The number of rotatable bonds is 4. The Labute approximate surface area is 107 Å². The van der Waals surface area contributed by atoms with Gasteiger partial charge in [-0.15, -0.1) is 0 Å². The van der Waals surface area contributed by atoms with Crippen molar-refractivity contribution in [2.75, 3.05) is 14.2 Å². The van der Waals surface area contributed by atoms with Crippen LogP contribution in [0.1, 0.15) is 24.5 Å². The van der Waals surface area contributed by atoms with Gasteiger partial charge in [-0.1, -0.05) is 11.6 Å². The number of aromatic nitrogens is 2. The summed E-state index contributed by atoms with van der Waals surface area (Å²) in [6.07, 6.45) is -0.171. The van der Waals surface area contributed by atoms with Gasteiger partial charge >= 0.3 is 0 Å². The second kappa shape index (κ2) is 5.93. The number of nitrogens with zero attached hydrogens (tertiary/aromatic N) is 2. The molecule has 0 aromatic carbocycles. The summed E-state index contributed by atoms with van der Waals surface area (Å²) in [6.45, 7) is 2.29. The normalized spacial score (nSPS) is 12.9. The highest BCUT2D eigenvalue weighted by Gasteiger charge is 2.14. The maximum Gasteiger partial charge on any atom is 0.158 e. The first-order valence-electron chi connectivity index (χ1n) is 4.33. The van der Waals surface area contributed by atoms with Crippen LogP contribution in [0.15, 0.2) is 0 Å². The molecule has 1 unspecified atom stereocenters. The monoisotopic (exact) mass is 342 g/mol. The molecule has 4 nitrogen and oxygen atoms in total. The summed E-state index contributed by atoms with van der Waals surface area (Å²) in [5, 5.41) is 0.441. The standard InChI is InChI=1S/C9H12ClIN2O2/c1-5(15-3)9-12-6(4-14-2)7(11)8(10)13-9/h5H,4H2,1-3H3. The van der Waals surface area contributed by atoms with Crippen LogP contribution in [0.4, 0.5) is 0 Å². The van der Waals surface area contributed by atoms with Gasteiger partial charge in [0.2, 0.25) is 0 Å². The predicted molar refractivity (Wildman–Crippen MR) is 65.9 cm³/mol. The highest BCUT2D eigenvalue weighted by Crippen LogP contribution is 2.22. The number of hydrogen-bond acceptors (Lipinski definition) is 4. The average Bonchev–Trinajstić information content (AvgIpc) is 2.23. The zero-order valence-electron chi connectivity index (χ0n) is 8.75. The Morgan fingerprint density at radius 3 is 2.60 bits per heavy atom. The van der Waals surface area contributed by atoms with Crippen LogP contribution in [-0.4, -0.2) is 24.2 Å². The molecule has 0 spiro atoms. The molecule has 1 aromatic heterocycles. The largest absolute Gasteiger partial charge is 0.378 e. The third kappa shape index (κ3) is 3.24. The van der Waals surface area contributed by atoms with Gasteiger partial charge in [0.1, 0.15) is 11.3 Å². The second-order valence-electron chi connectivity index (χ2n) is 2.94. The molecule has 0 radical (unpaired) electrons. The lowest BCUT2D eigenvalue weighted by Crippen LogP contribution is -2.08. The molecule has 0 aliphatic heterocycles. The number of ether oxygens (including phenoxy) is 2. The summed E-state index contributed by atoms with van der Waals surface area (Å²) in [6, 6.07) is 0. The van der Waals surface area contributed by atoms with Crippen molar-refractivity contribution in [1.82, 2.24) is 9.97 Å². The van der Waals surface area contributed by atoms with E-state index in [1.54, 1.807) is 14.2 Å². The van der Waals surface area contributed by atoms with Gasteiger partial charge in [-0.2, -0.15) is 0 Å². The van der Waals surface area contributed by atoms with Crippen molar-refractivity contribution in [2.45, 2.75) is 19.6 Å². The number of halogens is 2. The maximum absolute atomic E-state index is 5.99. The van der Waals surface area contributed by atoms with E-state index in [4.69, 9.17) is 21.1 Å². The first kappa shape index (κ1) is 13.1. The van der Waals surface area contributed by atoms with Gasteiger partial charge in [0, 0.05) is 14.2 Å². The van der Waals surface area contributed by atoms with Crippen LogP contribution >= 0.6 is 34.2 Å². The van der Waals surface area contributed by atoms with E-state index in [1.807, 2.05) is 6.92 Å². The van der Waals surface area contributed by atoms with E-state index in [2.05, 4.69) is 32.6 Å². The molecule has 1 aromatic rings. The molecule has 0 bridgehead atoms. The van der Waals surface area contributed by atoms with Crippen molar-refractivity contribution in [3.8, 4) is 0 Å². The predicted octanol–water partition coefficient (Wildman–Crippen LogP) is 2.59. The fourth-order valence-corrected chi connectivity index (χ4v) is 1.59. The molecule has 0 saturated heterocycles. The van der Waals surface area contributed by atoms with Crippen LogP contribution in [0.2, 0.25) is 5.15 Å². The molecule has 6 heteroatoms. The number of hydrogen-bond donors (Lipinski definition) is 0. The fourth-order valence-electron chi connectivity index (χ4n) is 1.00. The average molecular weight is 343 g/mol. The van der Waals surface area contributed by atoms with Gasteiger partial charge < -0.3 is 9.47 Å². The Kier molecular flexibility index (Phi) is 5.17. The molecule has 0 fully saturated rings. The van der Waals surface area contributed by atoms with E-state index in [0.29, 0.717) is 17.6 Å². The molecular weight excluding hydrogens is 330 g/mol. The minimum Gasteiger partial charge on any atom is -0.378 e. The van der Waals surface area contributed by atoms with Crippen LogP contribution in [0.5, 0.6) is 0 Å². The highest BCUT2D eigenvalue weighted by atomic mass is 127. The maximum atomic E-state index is 5.99. The summed E-state index contributed by atoms with van der Waals surface area (Å²) in [5.74, 6) is 0.579. The van der Waals surface area contributed by atoms with Crippen LogP contribution in [0.3, 0.4) is 0 Å². The molecule has 84 valence electrons. The van der Waals surface area contributed by atoms with Crippen molar-refractivity contribution >= 4 is 34.2 Å². The van der Waals surface area contributed by atoms with E-state index in [1.165, 1.54) is 0 Å². The van der Waals surface area contributed by atoms with Gasteiger partial charge in [-0.3, -0.25) is 0 Å². The summed E-state index contributed by atoms with van der Waals surface area (Å²) < 4.78 is 11.0. The van der Waals surface area contributed by atoms with Gasteiger partial charge in [-0.05, 0) is 29.5 Å². The van der Waals surface area contributed by atoms with Crippen LogP contribution in [0.25, 0.3) is 0 Å². The first-order chi connectivity index (χ1) is 7.10. The van der Waals surface area contributed by atoms with Gasteiger partial charge in [0.05, 0.1) is 15.9 Å². The zero-order chi connectivity index (χ0) is 11.4. The minimum absolute atomic E-state index is 0.171. The second-order valence-corrected chi connectivity index (χ2v) is 4.38. The van der Waals surface area contributed by atoms with Crippen molar-refractivity contribution in [2.24, 2.45) is 0 Å². The van der Waals surface area contributed by atoms with E-state index in [9.17, 15) is 0 Å². The van der Waals surface area contributed by atoms with Crippen molar-refractivity contribution in [1.29, 1.82) is 0 Å². The van der Waals surface area contributed by atoms with Crippen molar-refractivity contribution < 1.29 is 9.47 Å². The molecule has 0 saturated carbocycles. The molecule has 0 N–H and O–H groups in total. The molecule has 1 atom stereocenters. The lowest BCUT2D eigenvalue weighted by atomic mass is 10.3. The Balaban J connectivity index is 3.11. The molecule has 0 aliphatic carbocycles. The molecule has 15 heavy (non-hydrogen) atoms. The lowest BCUT2D eigenvalue weighted by molar-refractivity contribution is 0.111. The van der Waals surface area contributed by atoms with E-state index >= 15 is 0 Å². The van der Waals surface area contributed by atoms with Gasteiger partial charge in [-0.25, -0.2) is 9.97 Å². The van der Waals surface area contributed by atoms with E-state index in [0.717, 1.165) is 9.26 Å². The van der Waals surface area contributed by atoms with Crippen LogP contribution in [-0.2, 0) is 16.1 Å². The molecular formula is C9H12ClIN2O2. The summed E-state index contributed by atoms with van der Waals surface area (Å²) in [5.41, 5.74) is 0.789. The summed E-state index contributed by atoms with van der Waals surface area (Å²) >= 11 is 8.09. The Hall–Kier alpha value is 0.0200. The first-order valence-corrected chi connectivity index (χ1v) is 5.79. The molecule has 1 rings (SSSR count). The van der Waals surface area contributed by atoms with E-state index < -0.39 is 0 Å². The Morgan fingerprint density at radius 1 is 1.40 bits per heavy atom. The van der Waals surface area contributed by atoms with Crippen molar-refractivity contribution in [3.05, 3.63) is 20.2 Å². The quantitative estimate of drug-likeness (QED) is 0.623. The zero-order valence-corrected chi connectivity index (χ0v) is 11.7. The summed E-state index contributed by atoms with van der Waals surface area (Å²) in [7, 11) is 3.22. The Morgan fingerprint density at radius 2 is 2.07 bits per heavy atom. The van der Waals surface area contributed by atoms with Crippen LogP contribution < -0.4 is 0 Å². The smallest absolute Gasteiger partial charge is 0.158 e. The Bertz CT molecular complexity index is 349. The lowest BCUT2D eigenvalue weighted by Gasteiger charge is -2.11.